The zero-order chi connectivity index (χ0) is 31.0. The molecule has 0 amide bonds. The number of pyridine rings is 1. The first-order valence-corrected chi connectivity index (χ1v) is 14.8. The summed E-state index contributed by atoms with van der Waals surface area (Å²) in [5.41, 5.74) is -0.931. The normalized spacial score (nSPS) is 24.9. The number of nitrogens with zero attached hydrogens (tertiary/aromatic N) is 5. The molecule has 2 aromatic heterocycles. The maximum absolute atomic E-state index is 16.8. The number of alkyl halides is 1. The molecule has 5 heterocycles. The van der Waals surface area contributed by atoms with Gasteiger partial charge in [0.15, 0.2) is 5.82 Å². The molecule has 2 N–H and O–H groups in total. The molecule has 3 aliphatic heterocycles. The van der Waals surface area contributed by atoms with Gasteiger partial charge in [-0.25, -0.2) is 18.2 Å². The van der Waals surface area contributed by atoms with Crippen molar-refractivity contribution in [1.82, 2.24) is 19.9 Å². The average molecular weight is 604 g/mol. The lowest BCUT2D eigenvalue weighted by Gasteiger charge is -2.37. The van der Waals surface area contributed by atoms with Gasteiger partial charge in [0.1, 0.15) is 41.4 Å². The summed E-state index contributed by atoms with van der Waals surface area (Å²) in [7, 11) is 1.77. The number of hydrogen-bond donors (Lipinski definition) is 2. The van der Waals surface area contributed by atoms with Crippen molar-refractivity contribution < 1.29 is 28.1 Å². The van der Waals surface area contributed by atoms with Crippen LogP contribution in [0.15, 0.2) is 24.3 Å². The number of fused-ring (bicyclic) bond motifs is 2. The number of terminal acetylenes is 1. The molecular formula is C33H32F3N5O3. The quantitative estimate of drug-likeness (QED) is 0.311. The van der Waals surface area contributed by atoms with Crippen molar-refractivity contribution in [3.63, 3.8) is 0 Å². The number of phenolic OH excluding ortho intramolecular Hbond substituents is 1. The summed E-state index contributed by atoms with van der Waals surface area (Å²) in [5.74, 6) is 1.07. The van der Waals surface area contributed by atoms with Gasteiger partial charge in [0.25, 0.3) is 0 Å². The highest BCUT2D eigenvalue weighted by Crippen LogP contribution is 2.44. The monoisotopic (exact) mass is 603 g/mol. The molecule has 0 bridgehead atoms. The zero-order valence-corrected chi connectivity index (χ0v) is 24.5. The smallest absolute Gasteiger partial charge is 0.319 e. The number of halogens is 3. The lowest BCUT2D eigenvalue weighted by Crippen LogP contribution is -2.47. The van der Waals surface area contributed by atoms with Crippen LogP contribution in [0.1, 0.15) is 43.9 Å². The molecule has 7 rings (SSSR count). The zero-order valence-electron chi connectivity index (χ0n) is 24.5. The summed E-state index contributed by atoms with van der Waals surface area (Å²) in [4.78, 5) is 17.9. The van der Waals surface area contributed by atoms with Crippen molar-refractivity contribution in [2.45, 2.75) is 56.3 Å². The molecule has 11 heteroatoms. The molecule has 2 fully saturated rings. The second-order valence-electron chi connectivity index (χ2n) is 12.5. The van der Waals surface area contributed by atoms with Crippen molar-refractivity contribution in [2.24, 2.45) is 0 Å². The van der Waals surface area contributed by atoms with E-state index >= 15 is 4.39 Å². The van der Waals surface area contributed by atoms with Crippen LogP contribution in [0, 0.1) is 24.0 Å². The number of aliphatic hydroxyl groups excluding tert-OH is 1. The Morgan fingerprint density at radius 1 is 1.16 bits per heavy atom. The highest BCUT2D eigenvalue weighted by molar-refractivity contribution is 6.03. The van der Waals surface area contributed by atoms with Crippen LogP contribution in [-0.4, -0.2) is 80.7 Å². The number of rotatable bonds is 5. The standard InChI is InChI=1S/C33H32F3N5O3/c1-4-21-23(35)7-6-18-12-20(43)13-22(25(18)21)28-27(36)29-26-24(37-28)8-10-32(2,16-42)40(3)30(26)39-31(38-29)44-17-33-9-5-11-41(33)15-19(34)14-33/h1,6-7,12-13,19,42-43H,5,8-11,14-17H2,2-3H3/t19-,32-,33+/m1/s1. The van der Waals surface area contributed by atoms with Crippen LogP contribution in [0.2, 0.25) is 0 Å². The number of aromatic nitrogens is 3. The predicted molar refractivity (Wildman–Crippen MR) is 161 cm³/mol. The number of ether oxygens (including phenoxy) is 1. The Morgan fingerprint density at radius 3 is 2.75 bits per heavy atom. The SMILES string of the molecule is C#Cc1c(F)ccc2cc(O)cc(-c3nc4c5c(nc(OC[C@@]67CCCN6C[C@H](F)C7)nc5c3F)N(C)[C@@](C)(CO)CC4)c12. The lowest BCUT2D eigenvalue weighted by atomic mass is 9.94. The van der Waals surface area contributed by atoms with E-state index in [2.05, 4.69) is 15.8 Å². The third kappa shape index (κ3) is 4.26. The first-order chi connectivity index (χ1) is 21.1. The van der Waals surface area contributed by atoms with Crippen molar-refractivity contribution in [2.75, 3.05) is 38.3 Å². The van der Waals surface area contributed by atoms with Crippen LogP contribution >= 0.6 is 0 Å². The van der Waals surface area contributed by atoms with Gasteiger partial charge in [-0.2, -0.15) is 9.97 Å². The number of hydrogen-bond acceptors (Lipinski definition) is 8. The minimum absolute atomic E-state index is 0.0650. The van der Waals surface area contributed by atoms with E-state index in [4.69, 9.17) is 21.1 Å². The number of aromatic hydroxyl groups is 1. The second-order valence-corrected chi connectivity index (χ2v) is 12.5. The summed E-state index contributed by atoms with van der Waals surface area (Å²) in [6, 6.07) is 5.33. The lowest BCUT2D eigenvalue weighted by molar-refractivity contribution is 0.107. The minimum atomic E-state index is -0.944. The molecule has 0 radical (unpaired) electrons. The Hall–Kier alpha value is -4.14. The third-order valence-corrected chi connectivity index (χ3v) is 9.87. The maximum atomic E-state index is 16.8. The Bertz CT molecular complexity index is 1880. The molecule has 3 aliphatic rings. The second kappa shape index (κ2) is 10.2. The van der Waals surface area contributed by atoms with E-state index in [0.717, 1.165) is 19.4 Å². The number of phenols is 1. The molecule has 3 atom stereocenters. The Labute approximate surface area is 252 Å². The fraction of sp³-hybridized carbons (Fsp3) is 0.424. The average Bonchev–Trinajstić information content (AvgIpc) is 3.51. The first kappa shape index (κ1) is 28.6. The number of benzene rings is 2. The van der Waals surface area contributed by atoms with Crippen LogP contribution in [0.25, 0.3) is 32.9 Å². The molecule has 0 unspecified atom stereocenters. The fourth-order valence-electron chi connectivity index (χ4n) is 7.27. The van der Waals surface area contributed by atoms with E-state index in [1.807, 2.05) is 6.92 Å². The Morgan fingerprint density at radius 2 is 1.98 bits per heavy atom. The molecule has 4 aromatic rings. The van der Waals surface area contributed by atoms with Gasteiger partial charge in [0.05, 0.1) is 34.3 Å². The predicted octanol–water partition coefficient (Wildman–Crippen LogP) is 4.90. The van der Waals surface area contributed by atoms with Crippen LogP contribution in [0.5, 0.6) is 11.8 Å². The van der Waals surface area contributed by atoms with Gasteiger partial charge < -0.3 is 19.8 Å². The summed E-state index contributed by atoms with van der Waals surface area (Å²) in [6.07, 6.45) is 7.61. The van der Waals surface area contributed by atoms with Crippen LogP contribution < -0.4 is 9.64 Å². The van der Waals surface area contributed by atoms with Gasteiger partial charge in [-0.15, -0.1) is 6.42 Å². The van der Waals surface area contributed by atoms with Crippen molar-refractivity contribution in [3.8, 4) is 35.4 Å². The molecule has 228 valence electrons. The topological polar surface area (TPSA) is 94.8 Å². The largest absolute Gasteiger partial charge is 0.508 e. The minimum Gasteiger partial charge on any atom is -0.508 e. The van der Waals surface area contributed by atoms with Gasteiger partial charge in [-0.1, -0.05) is 12.0 Å². The van der Waals surface area contributed by atoms with Gasteiger partial charge in [-0.3, -0.25) is 4.90 Å². The number of aliphatic hydroxyl groups is 1. The Kier molecular flexibility index (Phi) is 6.64. The molecular weight excluding hydrogens is 571 g/mol. The van der Waals surface area contributed by atoms with Gasteiger partial charge in [0, 0.05) is 31.0 Å². The van der Waals surface area contributed by atoms with E-state index in [1.54, 1.807) is 11.9 Å². The van der Waals surface area contributed by atoms with Crippen LogP contribution in [0.3, 0.4) is 0 Å². The summed E-state index contributed by atoms with van der Waals surface area (Å²) < 4.78 is 52.3. The number of anilines is 1. The number of aryl methyl sites for hydroxylation is 1. The van der Waals surface area contributed by atoms with Crippen molar-refractivity contribution in [3.05, 3.63) is 47.2 Å². The van der Waals surface area contributed by atoms with E-state index in [0.29, 0.717) is 48.1 Å². The van der Waals surface area contributed by atoms with Gasteiger partial charge in [0.2, 0.25) is 0 Å². The summed E-state index contributed by atoms with van der Waals surface area (Å²) in [5, 5.41) is 22.0. The van der Waals surface area contributed by atoms with Crippen LogP contribution in [0.4, 0.5) is 19.0 Å². The summed E-state index contributed by atoms with van der Waals surface area (Å²) >= 11 is 0. The highest BCUT2D eigenvalue weighted by Gasteiger charge is 2.49. The summed E-state index contributed by atoms with van der Waals surface area (Å²) in [6.45, 7) is 2.97. The van der Waals surface area contributed by atoms with E-state index in [-0.39, 0.29) is 52.7 Å². The molecule has 2 aromatic carbocycles. The van der Waals surface area contributed by atoms with Crippen molar-refractivity contribution >= 4 is 27.5 Å². The highest BCUT2D eigenvalue weighted by atomic mass is 19.1. The van der Waals surface area contributed by atoms with Crippen molar-refractivity contribution in [1.29, 1.82) is 0 Å². The fourth-order valence-corrected chi connectivity index (χ4v) is 7.27. The Balaban J connectivity index is 1.45. The third-order valence-electron chi connectivity index (χ3n) is 9.87. The molecule has 44 heavy (non-hydrogen) atoms. The molecule has 8 nitrogen and oxygen atoms in total. The van der Waals surface area contributed by atoms with E-state index in [9.17, 15) is 19.0 Å². The molecule has 0 spiro atoms. The molecule has 2 saturated heterocycles. The maximum Gasteiger partial charge on any atom is 0.319 e. The molecule has 0 aliphatic carbocycles. The van der Waals surface area contributed by atoms with E-state index in [1.165, 1.54) is 24.3 Å². The van der Waals surface area contributed by atoms with Gasteiger partial charge >= 0.3 is 6.01 Å². The number of likely N-dealkylation sites (N-methyl/N-ethyl adjacent to an activating group) is 1. The van der Waals surface area contributed by atoms with Crippen LogP contribution in [-0.2, 0) is 6.42 Å². The first-order valence-electron chi connectivity index (χ1n) is 14.8. The molecule has 0 saturated carbocycles. The van der Waals surface area contributed by atoms with E-state index < -0.39 is 28.9 Å². The van der Waals surface area contributed by atoms with Gasteiger partial charge in [-0.05, 0) is 62.7 Å².